The summed E-state index contributed by atoms with van der Waals surface area (Å²) in [6, 6.07) is -0.824. The molecule has 0 bridgehead atoms. The molecule has 0 spiro atoms. The number of likely N-dealkylation sites (N-methyl/N-ethyl adjacent to an activating group) is 1. The van der Waals surface area contributed by atoms with Crippen LogP contribution in [0.2, 0.25) is 0 Å². The van der Waals surface area contributed by atoms with Gasteiger partial charge in [0.05, 0.1) is 0 Å². The Labute approximate surface area is 112 Å². The van der Waals surface area contributed by atoms with Crippen molar-refractivity contribution >= 4 is 17.9 Å². The Kier molecular flexibility index (Phi) is 5.59. The van der Waals surface area contributed by atoms with Crippen molar-refractivity contribution in [2.75, 3.05) is 20.1 Å². The van der Waals surface area contributed by atoms with Crippen LogP contribution in [0.3, 0.4) is 0 Å². The second kappa shape index (κ2) is 6.96. The van der Waals surface area contributed by atoms with E-state index in [4.69, 9.17) is 5.11 Å². The molecule has 1 aliphatic rings. The van der Waals surface area contributed by atoms with E-state index in [0.717, 1.165) is 0 Å². The summed E-state index contributed by atoms with van der Waals surface area (Å²) >= 11 is 0. The Morgan fingerprint density at radius 1 is 1.53 bits per heavy atom. The Morgan fingerprint density at radius 2 is 2.21 bits per heavy atom. The van der Waals surface area contributed by atoms with Crippen molar-refractivity contribution in [1.29, 1.82) is 0 Å². The number of aliphatic carboxylic acids is 1. The molecule has 0 aromatic heterocycles. The number of carbonyl (C=O) groups excluding carboxylic acids is 2. The Balaban J connectivity index is 2.21. The van der Waals surface area contributed by atoms with E-state index in [-0.39, 0.29) is 24.3 Å². The third kappa shape index (κ3) is 5.15. The van der Waals surface area contributed by atoms with E-state index in [1.54, 1.807) is 11.9 Å². The molecule has 1 rings (SSSR count). The van der Waals surface area contributed by atoms with Gasteiger partial charge in [-0.3, -0.25) is 9.59 Å². The Morgan fingerprint density at radius 3 is 2.74 bits per heavy atom. The molecule has 0 aliphatic carbocycles. The summed E-state index contributed by atoms with van der Waals surface area (Å²) in [5, 5.41) is 13.8. The number of rotatable bonds is 6. The van der Waals surface area contributed by atoms with Crippen molar-refractivity contribution in [3.05, 3.63) is 0 Å². The molecule has 1 heterocycles. The van der Waals surface area contributed by atoms with Gasteiger partial charge in [-0.15, -0.1) is 0 Å². The predicted molar refractivity (Wildman–Crippen MR) is 68.6 cm³/mol. The van der Waals surface area contributed by atoms with Gasteiger partial charge >= 0.3 is 12.0 Å². The van der Waals surface area contributed by atoms with Gasteiger partial charge < -0.3 is 20.6 Å². The van der Waals surface area contributed by atoms with Crippen LogP contribution in [0.15, 0.2) is 0 Å². The van der Waals surface area contributed by atoms with Crippen molar-refractivity contribution in [1.82, 2.24) is 15.5 Å². The molecule has 19 heavy (non-hydrogen) atoms. The highest BCUT2D eigenvalue weighted by molar-refractivity contribution is 5.88. The van der Waals surface area contributed by atoms with E-state index in [2.05, 4.69) is 10.6 Å². The lowest BCUT2D eigenvalue weighted by Crippen LogP contribution is -2.46. The quantitative estimate of drug-likeness (QED) is 0.634. The van der Waals surface area contributed by atoms with Crippen LogP contribution in [0, 0.1) is 5.92 Å². The van der Waals surface area contributed by atoms with Crippen LogP contribution < -0.4 is 10.6 Å². The summed E-state index contributed by atoms with van der Waals surface area (Å²) in [7, 11) is 1.70. The number of carbonyl (C=O) groups is 3. The third-order valence-electron chi connectivity index (χ3n) is 3.19. The molecule has 1 fully saturated rings. The highest BCUT2D eigenvalue weighted by atomic mass is 16.4. The lowest BCUT2D eigenvalue weighted by atomic mass is 10.1. The molecule has 0 aromatic carbocycles. The first-order valence-corrected chi connectivity index (χ1v) is 6.41. The number of hydrogen-bond acceptors (Lipinski definition) is 3. The lowest BCUT2D eigenvalue weighted by Gasteiger charge is -2.15. The summed E-state index contributed by atoms with van der Waals surface area (Å²) in [4.78, 5) is 35.1. The summed E-state index contributed by atoms with van der Waals surface area (Å²) < 4.78 is 0. The lowest BCUT2D eigenvalue weighted by molar-refractivity contribution is -0.137. The maximum Gasteiger partial charge on any atom is 0.315 e. The van der Waals surface area contributed by atoms with E-state index in [0.29, 0.717) is 25.9 Å². The number of carboxylic acids is 1. The molecular weight excluding hydrogens is 250 g/mol. The van der Waals surface area contributed by atoms with Crippen LogP contribution >= 0.6 is 0 Å². The Hall–Kier alpha value is -1.79. The van der Waals surface area contributed by atoms with E-state index in [1.165, 1.54) is 0 Å². The minimum absolute atomic E-state index is 0.0749. The average molecular weight is 271 g/mol. The fourth-order valence-corrected chi connectivity index (χ4v) is 1.90. The van der Waals surface area contributed by atoms with Crippen LogP contribution in [0.25, 0.3) is 0 Å². The zero-order valence-electron chi connectivity index (χ0n) is 11.3. The first kappa shape index (κ1) is 15.3. The van der Waals surface area contributed by atoms with Gasteiger partial charge in [0.1, 0.15) is 6.04 Å². The summed E-state index contributed by atoms with van der Waals surface area (Å²) in [6.07, 6.45) is 1.23. The average Bonchev–Trinajstić information content (AvgIpc) is 2.66. The SMILES string of the molecule is CC(CCC(=O)O)CNC(=O)NC1CCN(C)C1=O. The number of nitrogens with zero attached hydrogens (tertiary/aromatic N) is 1. The van der Waals surface area contributed by atoms with Gasteiger partial charge in [-0.25, -0.2) is 4.79 Å². The topological polar surface area (TPSA) is 98.7 Å². The number of amides is 3. The van der Waals surface area contributed by atoms with E-state index in [9.17, 15) is 14.4 Å². The van der Waals surface area contributed by atoms with E-state index < -0.39 is 12.0 Å². The normalized spacial score (nSPS) is 20.2. The standard InChI is InChI=1S/C12H21N3O4/c1-8(3-4-10(16)17)7-13-12(19)14-9-5-6-15(2)11(9)18/h8-9H,3-7H2,1-2H3,(H,16,17)(H2,13,14,19). The van der Waals surface area contributed by atoms with Crippen molar-refractivity contribution < 1.29 is 19.5 Å². The molecule has 1 aliphatic heterocycles. The summed E-state index contributed by atoms with van der Waals surface area (Å²) in [5.74, 6) is -0.825. The molecule has 7 heteroatoms. The highest BCUT2D eigenvalue weighted by Crippen LogP contribution is 2.08. The van der Waals surface area contributed by atoms with E-state index >= 15 is 0 Å². The van der Waals surface area contributed by atoms with Gasteiger partial charge in [-0.05, 0) is 18.8 Å². The molecule has 3 N–H and O–H groups in total. The van der Waals surface area contributed by atoms with Crippen molar-refractivity contribution in [3.8, 4) is 0 Å². The molecule has 3 amide bonds. The van der Waals surface area contributed by atoms with Crippen LogP contribution in [-0.4, -0.2) is 54.1 Å². The van der Waals surface area contributed by atoms with Gasteiger partial charge in [0.15, 0.2) is 0 Å². The third-order valence-corrected chi connectivity index (χ3v) is 3.19. The molecule has 108 valence electrons. The fraction of sp³-hybridized carbons (Fsp3) is 0.750. The molecule has 2 unspecified atom stereocenters. The van der Waals surface area contributed by atoms with Crippen LogP contribution in [-0.2, 0) is 9.59 Å². The van der Waals surface area contributed by atoms with Crippen LogP contribution in [0.5, 0.6) is 0 Å². The second-order valence-electron chi connectivity index (χ2n) is 4.99. The molecule has 0 saturated carbocycles. The fourth-order valence-electron chi connectivity index (χ4n) is 1.90. The predicted octanol–water partition coefficient (Wildman–Crippen LogP) is 0.0172. The first-order valence-electron chi connectivity index (χ1n) is 6.41. The van der Waals surface area contributed by atoms with Crippen molar-refractivity contribution in [3.63, 3.8) is 0 Å². The van der Waals surface area contributed by atoms with Crippen molar-refractivity contribution in [2.24, 2.45) is 5.92 Å². The van der Waals surface area contributed by atoms with Crippen molar-refractivity contribution in [2.45, 2.75) is 32.2 Å². The molecular formula is C12H21N3O4. The second-order valence-corrected chi connectivity index (χ2v) is 4.99. The minimum atomic E-state index is -0.837. The van der Waals surface area contributed by atoms with Gasteiger partial charge in [-0.2, -0.15) is 0 Å². The molecule has 2 atom stereocenters. The molecule has 1 saturated heterocycles. The first-order chi connectivity index (χ1) is 8.90. The maximum atomic E-state index is 11.6. The van der Waals surface area contributed by atoms with Crippen LogP contribution in [0.1, 0.15) is 26.2 Å². The van der Waals surface area contributed by atoms with Gasteiger partial charge in [0.2, 0.25) is 5.91 Å². The number of urea groups is 1. The van der Waals surface area contributed by atoms with Gasteiger partial charge in [-0.1, -0.05) is 6.92 Å². The smallest absolute Gasteiger partial charge is 0.315 e. The number of hydrogen-bond donors (Lipinski definition) is 3. The summed E-state index contributed by atoms with van der Waals surface area (Å²) in [6.45, 7) is 2.92. The highest BCUT2D eigenvalue weighted by Gasteiger charge is 2.30. The monoisotopic (exact) mass is 271 g/mol. The zero-order chi connectivity index (χ0) is 14.4. The van der Waals surface area contributed by atoms with Gasteiger partial charge in [0, 0.05) is 26.6 Å². The Bertz CT molecular complexity index is 359. The minimum Gasteiger partial charge on any atom is -0.481 e. The summed E-state index contributed by atoms with van der Waals surface area (Å²) in [5.41, 5.74) is 0. The molecule has 7 nitrogen and oxygen atoms in total. The number of likely N-dealkylation sites (tertiary alicyclic amines) is 1. The number of carboxylic acid groups (broad SMARTS) is 1. The van der Waals surface area contributed by atoms with Gasteiger partial charge in [0.25, 0.3) is 0 Å². The largest absolute Gasteiger partial charge is 0.481 e. The van der Waals surface area contributed by atoms with Crippen LogP contribution in [0.4, 0.5) is 4.79 Å². The molecule has 0 aromatic rings. The number of nitrogens with one attached hydrogen (secondary N) is 2. The maximum absolute atomic E-state index is 11.6. The zero-order valence-corrected chi connectivity index (χ0v) is 11.3. The van der Waals surface area contributed by atoms with E-state index in [1.807, 2.05) is 6.92 Å². The molecule has 0 radical (unpaired) electrons.